The molecule has 2 aliphatic heterocycles. The van der Waals surface area contributed by atoms with Gasteiger partial charge in [0.05, 0.1) is 38.3 Å². The number of aliphatic imine (C=N–C) groups is 1. The van der Waals surface area contributed by atoms with Crippen LogP contribution in [0.4, 0.5) is 11.4 Å². The number of carbonyl (C=O) groups excluding carboxylic acids is 2. The maximum atomic E-state index is 14.4. The monoisotopic (exact) mass is 665 g/mol. The van der Waals surface area contributed by atoms with Crippen molar-refractivity contribution in [2.75, 3.05) is 26.2 Å². The average molecular weight is 667 g/mol. The zero-order valence-corrected chi connectivity index (χ0v) is 28.1. The van der Waals surface area contributed by atoms with Gasteiger partial charge >= 0.3 is 11.9 Å². The normalized spacial score (nSPS) is 22.9. The highest BCUT2D eigenvalue weighted by molar-refractivity contribution is 8.04. The quantitative estimate of drug-likeness (QED) is 0.186. The van der Waals surface area contributed by atoms with E-state index in [1.165, 1.54) is 26.0 Å². The number of rotatable bonds is 7. The number of allylic oxidation sites excluding steroid dienone is 1. The number of halogens is 2. The van der Waals surface area contributed by atoms with E-state index < -0.39 is 22.2 Å². The molecule has 2 atom stereocenters. The van der Waals surface area contributed by atoms with Gasteiger partial charge in [0.1, 0.15) is 11.6 Å². The molecule has 0 bridgehead atoms. The molecular weight excluding hydrogens is 633 g/mol. The van der Waals surface area contributed by atoms with E-state index in [1.54, 1.807) is 50.4 Å². The molecule has 2 aliphatic rings. The van der Waals surface area contributed by atoms with Crippen molar-refractivity contribution in [1.29, 1.82) is 0 Å². The number of carbonyl (C=O) groups is 2. The van der Waals surface area contributed by atoms with E-state index >= 15 is 0 Å². The molecule has 0 aliphatic carbocycles. The van der Waals surface area contributed by atoms with Crippen molar-refractivity contribution in [3.05, 3.63) is 111 Å². The fraction of sp³-hybridized carbons (Fsp3) is 0.265. The summed E-state index contributed by atoms with van der Waals surface area (Å²) in [7, 11) is 4.31. The number of thioether (sulfide) groups is 1. The van der Waals surface area contributed by atoms with Crippen LogP contribution in [0.2, 0.25) is 10.0 Å². The van der Waals surface area contributed by atoms with Crippen molar-refractivity contribution in [2.24, 2.45) is 10.4 Å². The van der Waals surface area contributed by atoms with Crippen LogP contribution in [0.3, 0.4) is 0 Å². The summed E-state index contributed by atoms with van der Waals surface area (Å²) in [5.41, 5.74) is 2.41. The van der Waals surface area contributed by atoms with Gasteiger partial charge in [0.2, 0.25) is 0 Å². The molecular formula is C34H33Cl2N3O5S. The van der Waals surface area contributed by atoms with Crippen molar-refractivity contribution in [3.63, 3.8) is 0 Å². The van der Waals surface area contributed by atoms with E-state index in [0.29, 0.717) is 45.1 Å². The number of esters is 2. The first-order chi connectivity index (χ1) is 21.5. The summed E-state index contributed by atoms with van der Waals surface area (Å²) in [6.07, 6.45) is 0. The molecule has 8 nitrogen and oxygen atoms in total. The zero-order chi connectivity index (χ0) is 32.5. The largest absolute Gasteiger partial charge is 0.497 e. The minimum atomic E-state index is -1.48. The van der Waals surface area contributed by atoms with Crippen LogP contribution in [0.15, 0.2) is 100 Å². The minimum Gasteiger partial charge on any atom is -0.497 e. The SMILES string of the molecule is COC(=O)/C(C)=C1/N(c2ccc(Cl)cc2)C(=Nc2ccc(Cl)cc2)[C@](C)(C(=O)OC)[C@@]12SC=C(C)N2Cc1ccc(OC)cc1. The number of amidine groups is 1. The number of hydrogen-bond acceptors (Lipinski definition) is 8. The molecule has 1 saturated heterocycles. The summed E-state index contributed by atoms with van der Waals surface area (Å²) in [4.78, 5) is 35.7. The summed E-state index contributed by atoms with van der Waals surface area (Å²) >= 11 is 14.0. The highest BCUT2D eigenvalue weighted by Gasteiger charge is 2.72. The first-order valence-corrected chi connectivity index (χ1v) is 15.7. The van der Waals surface area contributed by atoms with Gasteiger partial charge in [-0.1, -0.05) is 47.1 Å². The smallest absolute Gasteiger partial charge is 0.335 e. The number of anilines is 1. The van der Waals surface area contributed by atoms with Crippen LogP contribution < -0.4 is 9.64 Å². The molecule has 0 aromatic heterocycles. The molecule has 3 aromatic rings. The third-order valence-corrected chi connectivity index (χ3v) is 10.3. The second-order valence-electron chi connectivity index (χ2n) is 10.8. The second kappa shape index (κ2) is 12.8. The lowest BCUT2D eigenvalue weighted by molar-refractivity contribution is -0.150. The summed E-state index contributed by atoms with van der Waals surface area (Å²) < 4.78 is 16.3. The summed E-state index contributed by atoms with van der Waals surface area (Å²) in [6.45, 7) is 5.89. The predicted octanol–water partition coefficient (Wildman–Crippen LogP) is 7.99. The van der Waals surface area contributed by atoms with Gasteiger partial charge in [-0.2, -0.15) is 0 Å². The Bertz CT molecular complexity index is 1710. The van der Waals surface area contributed by atoms with Gasteiger partial charge in [0.25, 0.3) is 0 Å². The third kappa shape index (κ3) is 5.47. The van der Waals surface area contributed by atoms with E-state index in [0.717, 1.165) is 17.0 Å². The first-order valence-electron chi connectivity index (χ1n) is 14.1. The Morgan fingerprint density at radius 2 is 1.49 bits per heavy atom. The maximum Gasteiger partial charge on any atom is 0.335 e. The predicted molar refractivity (Wildman–Crippen MR) is 180 cm³/mol. The molecule has 1 spiro atoms. The number of hydrogen-bond donors (Lipinski definition) is 0. The Morgan fingerprint density at radius 3 is 2.04 bits per heavy atom. The molecule has 11 heteroatoms. The lowest BCUT2D eigenvalue weighted by Crippen LogP contribution is -2.57. The van der Waals surface area contributed by atoms with Gasteiger partial charge in [0, 0.05) is 28.0 Å². The first kappa shape index (κ1) is 32.5. The van der Waals surface area contributed by atoms with Gasteiger partial charge in [0.15, 0.2) is 10.3 Å². The average Bonchev–Trinajstić information content (AvgIpc) is 3.49. The van der Waals surface area contributed by atoms with Crippen molar-refractivity contribution in [2.45, 2.75) is 32.2 Å². The molecule has 0 radical (unpaired) electrons. The van der Waals surface area contributed by atoms with Crippen LogP contribution in [0, 0.1) is 5.41 Å². The van der Waals surface area contributed by atoms with Gasteiger partial charge in [-0.3, -0.25) is 9.69 Å². The van der Waals surface area contributed by atoms with Crippen molar-refractivity contribution >= 4 is 64.1 Å². The number of nitrogens with zero attached hydrogens (tertiary/aromatic N) is 3. The number of methoxy groups -OCH3 is 3. The molecule has 1 fully saturated rings. The maximum absolute atomic E-state index is 14.4. The lowest BCUT2D eigenvalue weighted by atomic mass is 9.79. The van der Waals surface area contributed by atoms with E-state index in [1.807, 2.05) is 60.6 Å². The van der Waals surface area contributed by atoms with Crippen LogP contribution >= 0.6 is 35.0 Å². The topological polar surface area (TPSA) is 80.7 Å². The standard InChI is InChI=1S/C34H33Cl2N3O5S/c1-21-20-45-34(38(21)19-23-7-17-28(42-4)18-8-23)29(22(2)30(40)43-5)39(27-15-11-25(36)12-16-27)31(33(34,3)32(41)44-6)37-26-13-9-24(35)10-14-26/h7-18,20H,19H2,1-6H3/b29-22+,37-31?/t33-,34+/m1/s1. The molecule has 2 heterocycles. The van der Waals surface area contributed by atoms with Crippen LogP contribution in [-0.4, -0.2) is 48.9 Å². The Labute approximate surface area is 277 Å². The highest BCUT2D eigenvalue weighted by Crippen LogP contribution is 2.64. The van der Waals surface area contributed by atoms with Crippen molar-refractivity contribution in [1.82, 2.24) is 4.90 Å². The van der Waals surface area contributed by atoms with Gasteiger partial charge in [-0.05, 0) is 92.4 Å². The third-order valence-electron chi connectivity index (χ3n) is 8.17. The van der Waals surface area contributed by atoms with Crippen LogP contribution in [0.25, 0.3) is 0 Å². The van der Waals surface area contributed by atoms with E-state index in [4.69, 9.17) is 42.4 Å². The number of ether oxygens (including phenoxy) is 3. The Kier molecular flexibility index (Phi) is 9.26. The van der Waals surface area contributed by atoms with Crippen LogP contribution in [0.5, 0.6) is 5.75 Å². The highest BCUT2D eigenvalue weighted by atomic mass is 35.5. The minimum absolute atomic E-state index is 0.305. The van der Waals surface area contributed by atoms with E-state index in [2.05, 4.69) is 4.90 Å². The van der Waals surface area contributed by atoms with Gasteiger partial charge in [-0.25, -0.2) is 9.79 Å². The summed E-state index contributed by atoms with van der Waals surface area (Å²) in [6, 6.07) is 21.9. The van der Waals surface area contributed by atoms with Crippen molar-refractivity contribution in [3.8, 4) is 5.75 Å². The molecule has 0 unspecified atom stereocenters. The molecule has 0 saturated carbocycles. The molecule has 45 heavy (non-hydrogen) atoms. The Hall–Kier alpha value is -3.92. The fourth-order valence-electron chi connectivity index (χ4n) is 5.88. The van der Waals surface area contributed by atoms with Gasteiger partial charge < -0.3 is 19.1 Å². The Balaban J connectivity index is 1.89. The van der Waals surface area contributed by atoms with E-state index in [9.17, 15) is 9.59 Å². The zero-order valence-electron chi connectivity index (χ0n) is 25.8. The van der Waals surface area contributed by atoms with Crippen LogP contribution in [0.1, 0.15) is 26.3 Å². The molecule has 0 amide bonds. The van der Waals surface area contributed by atoms with E-state index in [-0.39, 0.29) is 0 Å². The molecule has 5 rings (SSSR count). The summed E-state index contributed by atoms with van der Waals surface area (Å²) in [5.74, 6) is 0.00723. The number of benzene rings is 3. The molecule has 234 valence electrons. The summed E-state index contributed by atoms with van der Waals surface area (Å²) in [5, 5.41) is 3.08. The second-order valence-corrected chi connectivity index (χ2v) is 12.7. The molecule has 3 aromatic carbocycles. The van der Waals surface area contributed by atoms with Crippen molar-refractivity contribution < 1.29 is 23.8 Å². The fourth-order valence-corrected chi connectivity index (χ4v) is 7.71. The van der Waals surface area contributed by atoms with Gasteiger partial charge in [-0.15, -0.1) is 0 Å². The van der Waals surface area contributed by atoms with Crippen LogP contribution in [-0.2, 0) is 25.6 Å². The molecule has 0 N–H and O–H groups in total. The Morgan fingerprint density at radius 1 is 0.889 bits per heavy atom. The lowest BCUT2D eigenvalue weighted by Gasteiger charge is -2.45.